The Bertz CT molecular complexity index is 828. The fraction of sp³-hybridized carbons (Fsp3) is 0.471. The zero-order chi connectivity index (χ0) is 17.4. The Balaban J connectivity index is 1.69. The van der Waals surface area contributed by atoms with Crippen molar-refractivity contribution >= 4 is 32.0 Å². The lowest BCUT2D eigenvalue weighted by atomic mass is 10.1. The SMILES string of the molecule is Cc1ccccc1Nc1nc(CN2CCS(=O)(=O)CC2(C)C)cs1. The molecule has 2 aromatic rings. The maximum atomic E-state index is 11.9. The van der Waals surface area contributed by atoms with Crippen molar-refractivity contribution in [2.45, 2.75) is 32.9 Å². The second-order valence-electron chi connectivity index (χ2n) is 6.91. The lowest BCUT2D eigenvalue weighted by molar-refractivity contribution is 0.129. The normalized spacial score (nSPS) is 20.0. The molecule has 7 heteroatoms. The first kappa shape index (κ1) is 17.4. The number of benzene rings is 1. The quantitative estimate of drug-likeness (QED) is 0.901. The number of hydrogen-bond donors (Lipinski definition) is 1. The van der Waals surface area contributed by atoms with Crippen molar-refractivity contribution in [3.05, 3.63) is 40.9 Å². The Kier molecular flexibility index (Phi) is 4.68. The van der Waals surface area contributed by atoms with Gasteiger partial charge >= 0.3 is 0 Å². The average molecular weight is 366 g/mol. The van der Waals surface area contributed by atoms with Crippen molar-refractivity contribution < 1.29 is 8.42 Å². The summed E-state index contributed by atoms with van der Waals surface area (Å²) in [5.74, 6) is 0.438. The highest BCUT2D eigenvalue weighted by molar-refractivity contribution is 7.91. The topological polar surface area (TPSA) is 62.3 Å². The van der Waals surface area contributed by atoms with E-state index in [9.17, 15) is 8.42 Å². The van der Waals surface area contributed by atoms with E-state index < -0.39 is 9.84 Å². The van der Waals surface area contributed by atoms with Gasteiger partial charge in [-0.1, -0.05) is 18.2 Å². The molecule has 1 N–H and O–H groups in total. The van der Waals surface area contributed by atoms with Crippen LogP contribution in [0.25, 0.3) is 0 Å². The van der Waals surface area contributed by atoms with Crippen LogP contribution in [0.3, 0.4) is 0 Å². The van der Waals surface area contributed by atoms with E-state index >= 15 is 0 Å². The minimum Gasteiger partial charge on any atom is -0.331 e. The van der Waals surface area contributed by atoms with Crippen LogP contribution in [-0.2, 0) is 16.4 Å². The lowest BCUT2D eigenvalue weighted by Crippen LogP contribution is -2.54. The average Bonchev–Trinajstić information content (AvgIpc) is 2.91. The summed E-state index contributed by atoms with van der Waals surface area (Å²) in [6.45, 7) is 7.28. The third-order valence-electron chi connectivity index (χ3n) is 4.39. The Morgan fingerprint density at radius 2 is 2.08 bits per heavy atom. The van der Waals surface area contributed by atoms with Gasteiger partial charge in [-0.3, -0.25) is 4.90 Å². The van der Waals surface area contributed by atoms with E-state index in [1.54, 1.807) is 11.3 Å². The Hall–Kier alpha value is -1.44. The van der Waals surface area contributed by atoms with Gasteiger partial charge in [-0.05, 0) is 32.4 Å². The Morgan fingerprint density at radius 1 is 1.33 bits per heavy atom. The number of nitrogens with one attached hydrogen (secondary N) is 1. The summed E-state index contributed by atoms with van der Waals surface area (Å²) >= 11 is 1.57. The van der Waals surface area contributed by atoms with Gasteiger partial charge in [-0.2, -0.15) is 0 Å². The van der Waals surface area contributed by atoms with Crippen molar-refractivity contribution in [1.29, 1.82) is 0 Å². The molecule has 24 heavy (non-hydrogen) atoms. The van der Waals surface area contributed by atoms with Crippen LogP contribution in [0.1, 0.15) is 25.1 Å². The van der Waals surface area contributed by atoms with Crippen LogP contribution >= 0.6 is 11.3 Å². The fourth-order valence-electron chi connectivity index (χ4n) is 3.01. The van der Waals surface area contributed by atoms with Crippen molar-refractivity contribution in [2.24, 2.45) is 0 Å². The second-order valence-corrected chi connectivity index (χ2v) is 9.95. The van der Waals surface area contributed by atoms with E-state index in [1.807, 2.05) is 37.4 Å². The molecule has 0 aliphatic carbocycles. The van der Waals surface area contributed by atoms with Gasteiger partial charge in [0.25, 0.3) is 0 Å². The van der Waals surface area contributed by atoms with Gasteiger partial charge in [-0.25, -0.2) is 13.4 Å². The summed E-state index contributed by atoms with van der Waals surface area (Å²) in [7, 11) is -2.93. The molecule has 3 rings (SSSR count). The molecule has 0 spiro atoms. The molecule has 1 aliphatic heterocycles. The molecule has 0 saturated carbocycles. The van der Waals surface area contributed by atoms with Gasteiger partial charge in [-0.15, -0.1) is 11.3 Å². The Labute approximate surface area is 147 Å². The highest BCUT2D eigenvalue weighted by atomic mass is 32.2. The number of aryl methyl sites for hydroxylation is 1. The molecule has 1 saturated heterocycles. The molecule has 1 aliphatic rings. The van der Waals surface area contributed by atoms with Gasteiger partial charge in [0.1, 0.15) is 0 Å². The standard InChI is InChI=1S/C17H23N3O2S2/c1-13-6-4-5-7-15(13)19-16-18-14(11-23-16)10-20-8-9-24(21,22)12-17(20,2)3/h4-7,11H,8-10,12H2,1-3H3,(H,18,19). The van der Waals surface area contributed by atoms with Crippen molar-refractivity contribution in [3.63, 3.8) is 0 Å². The summed E-state index contributed by atoms with van der Waals surface area (Å²) in [4.78, 5) is 6.87. The summed E-state index contributed by atoms with van der Waals surface area (Å²) in [6, 6.07) is 8.11. The predicted molar refractivity (Wildman–Crippen MR) is 99.7 cm³/mol. The van der Waals surface area contributed by atoms with Crippen molar-refractivity contribution in [1.82, 2.24) is 9.88 Å². The van der Waals surface area contributed by atoms with Crippen LogP contribution in [-0.4, -0.2) is 41.9 Å². The maximum absolute atomic E-state index is 11.9. The van der Waals surface area contributed by atoms with Gasteiger partial charge in [0.2, 0.25) is 0 Å². The molecule has 1 aromatic heterocycles. The van der Waals surface area contributed by atoms with Crippen LogP contribution in [0.15, 0.2) is 29.6 Å². The van der Waals surface area contributed by atoms with Crippen molar-refractivity contribution in [2.75, 3.05) is 23.4 Å². The zero-order valence-corrected chi connectivity index (χ0v) is 15.9. The van der Waals surface area contributed by atoms with Crippen LogP contribution in [0.5, 0.6) is 0 Å². The van der Waals surface area contributed by atoms with E-state index in [0.29, 0.717) is 13.1 Å². The zero-order valence-electron chi connectivity index (χ0n) is 14.2. The molecule has 0 atom stereocenters. The molecular weight excluding hydrogens is 342 g/mol. The van der Waals surface area contributed by atoms with Gasteiger partial charge < -0.3 is 5.32 Å². The van der Waals surface area contributed by atoms with Crippen molar-refractivity contribution in [3.8, 4) is 0 Å². The van der Waals surface area contributed by atoms with E-state index in [2.05, 4.69) is 28.2 Å². The van der Waals surface area contributed by atoms with E-state index in [0.717, 1.165) is 16.5 Å². The summed E-state index contributed by atoms with van der Waals surface area (Å²) in [5, 5.41) is 6.26. The highest BCUT2D eigenvalue weighted by Gasteiger charge is 2.37. The molecule has 1 fully saturated rings. The number of sulfone groups is 1. The monoisotopic (exact) mass is 365 g/mol. The number of rotatable bonds is 4. The van der Waals surface area contributed by atoms with Crippen LogP contribution in [0.2, 0.25) is 0 Å². The van der Waals surface area contributed by atoms with Gasteiger partial charge in [0.15, 0.2) is 15.0 Å². The van der Waals surface area contributed by atoms with E-state index in [1.165, 1.54) is 5.56 Å². The summed E-state index contributed by atoms with van der Waals surface area (Å²) < 4.78 is 23.7. The number of aromatic nitrogens is 1. The van der Waals surface area contributed by atoms with E-state index in [4.69, 9.17) is 0 Å². The molecule has 5 nitrogen and oxygen atoms in total. The van der Waals surface area contributed by atoms with Crippen LogP contribution in [0, 0.1) is 6.92 Å². The third kappa shape index (κ3) is 3.96. The largest absolute Gasteiger partial charge is 0.331 e. The molecule has 0 unspecified atom stereocenters. The maximum Gasteiger partial charge on any atom is 0.187 e. The molecular formula is C17H23N3O2S2. The first-order valence-electron chi connectivity index (χ1n) is 7.98. The number of para-hydroxylation sites is 1. The smallest absolute Gasteiger partial charge is 0.187 e. The van der Waals surface area contributed by atoms with Crippen LogP contribution in [0.4, 0.5) is 10.8 Å². The highest BCUT2D eigenvalue weighted by Crippen LogP contribution is 2.27. The summed E-state index contributed by atoms with van der Waals surface area (Å²) in [5.41, 5.74) is 2.85. The third-order valence-corrected chi connectivity index (χ3v) is 7.15. The molecule has 2 heterocycles. The van der Waals surface area contributed by atoms with Crippen LogP contribution < -0.4 is 5.32 Å². The Morgan fingerprint density at radius 3 is 2.79 bits per heavy atom. The molecule has 1 aromatic carbocycles. The first-order valence-corrected chi connectivity index (χ1v) is 10.7. The summed E-state index contributed by atoms with van der Waals surface area (Å²) in [6.07, 6.45) is 0. The lowest BCUT2D eigenvalue weighted by Gasteiger charge is -2.41. The number of anilines is 2. The van der Waals surface area contributed by atoms with Gasteiger partial charge in [0.05, 0.1) is 17.2 Å². The fourth-order valence-corrected chi connectivity index (χ4v) is 5.62. The van der Waals surface area contributed by atoms with E-state index in [-0.39, 0.29) is 17.0 Å². The number of nitrogens with zero attached hydrogens (tertiary/aromatic N) is 2. The number of hydrogen-bond acceptors (Lipinski definition) is 6. The predicted octanol–water partition coefficient (Wildman–Crippen LogP) is 3.20. The number of thiazole rings is 1. The second kappa shape index (κ2) is 6.46. The molecule has 0 radical (unpaired) electrons. The molecule has 0 bridgehead atoms. The minimum absolute atomic E-state index is 0.207. The first-order chi connectivity index (χ1) is 11.3. The molecule has 130 valence electrons. The minimum atomic E-state index is -2.93. The molecule has 0 amide bonds. The van der Waals surface area contributed by atoms with Gasteiger partial charge in [0, 0.05) is 29.7 Å².